The first-order chi connectivity index (χ1) is 12.6. The number of nitrogens with zero attached hydrogens (tertiary/aromatic N) is 1. The molecule has 0 aromatic carbocycles. The van der Waals surface area contributed by atoms with Crippen molar-refractivity contribution >= 4 is 0 Å². The second-order valence-corrected chi connectivity index (χ2v) is 10.2. The summed E-state index contributed by atoms with van der Waals surface area (Å²) in [7, 11) is 0. The Morgan fingerprint density at radius 3 is 2.07 bits per heavy atom. The van der Waals surface area contributed by atoms with Crippen LogP contribution in [0.5, 0.6) is 0 Å². The molecule has 1 rings (SSSR count). The van der Waals surface area contributed by atoms with Crippen molar-refractivity contribution in [1.82, 2.24) is 4.90 Å². The zero-order valence-corrected chi connectivity index (χ0v) is 19.3. The first kappa shape index (κ1) is 24.9. The SMILES string of the molecule is CC(CC1CCN(C(C)(C)C)CC1)OCCOCCCCCOC(C)(C)C. The van der Waals surface area contributed by atoms with E-state index in [4.69, 9.17) is 14.2 Å². The summed E-state index contributed by atoms with van der Waals surface area (Å²) in [5.41, 5.74) is 0.290. The smallest absolute Gasteiger partial charge is 0.0704 e. The van der Waals surface area contributed by atoms with E-state index in [-0.39, 0.29) is 5.60 Å². The van der Waals surface area contributed by atoms with Crippen molar-refractivity contribution in [3.8, 4) is 0 Å². The molecule has 0 bridgehead atoms. The van der Waals surface area contributed by atoms with E-state index in [9.17, 15) is 0 Å². The molecule has 4 heteroatoms. The molecule has 0 N–H and O–H groups in total. The third-order valence-corrected chi connectivity index (χ3v) is 5.33. The molecule has 27 heavy (non-hydrogen) atoms. The third kappa shape index (κ3) is 12.8. The minimum absolute atomic E-state index is 0.0197. The maximum Gasteiger partial charge on any atom is 0.0704 e. The molecule has 0 saturated carbocycles. The molecule has 0 aliphatic carbocycles. The summed E-state index contributed by atoms with van der Waals surface area (Å²) in [6.07, 6.45) is 7.53. The lowest BCUT2D eigenvalue weighted by Gasteiger charge is -2.41. The van der Waals surface area contributed by atoms with Gasteiger partial charge in [-0.15, -0.1) is 0 Å². The number of piperidine rings is 1. The van der Waals surface area contributed by atoms with Crippen molar-refractivity contribution < 1.29 is 14.2 Å². The zero-order valence-electron chi connectivity index (χ0n) is 19.3. The van der Waals surface area contributed by atoms with Gasteiger partial charge in [0.05, 0.1) is 24.9 Å². The van der Waals surface area contributed by atoms with Gasteiger partial charge in [-0.05, 0) is 106 Å². The number of rotatable bonds is 12. The Morgan fingerprint density at radius 1 is 0.852 bits per heavy atom. The van der Waals surface area contributed by atoms with Crippen molar-refractivity contribution in [2.75, 3.05) is 39.5 Å². The normalized spacial score (nSPS) is 18.8. The molecule has 1 saturated heterocycles. The van der Waals surface area contributed by atoms with E-state index < -0.39 is 0 Å². The lowest BCUT2D eigenvalue weighted by atomic mass is 9.89. The highest BCUT2D eigenvalue weighted by Gasteiger charge is 2.27. The van der Waals surface area contributed by atoms with Crippen LogP contribution in [0.3, 0.4) is 0 Å². The fourth-order valence-corrected chi connectivity index (χ4v) is 3.65. The Bertz CT molecular complexity index is 365. The van der Waals surface area contributed by atoms with Crippen molar-refractivity contribution in [2.45, 2.75) is 104 Å². The Labute approximate surface area is 169 Å². The van der Waals surface area contributed by atoms with E-state index in [0.717, 1.165) is 38.6 Å². The molecule has 0 aromatic heterocycles. The standard InChI is InChI=1S/C23H47NO3/c1-20(19-21-11-13-24(14-12-21)22(2,3)4)26-18-17-25-15-9-8-10-16-27-23(5,6)7/h20-21H,8-19H2,1-7H3. The average molecular weight is 386 g/mol. The van der Waals surface area contributed by atoms with Crippen molar-refractivity contribution in [2.24, 2.45) is 5.92 Å². The topological polar surface area (TPSA) is 30.9 Å². The van der Waals surface area contributed by atoms with Crippen LogP contribution in [-0.4, -0.2) is 61.7 Å². The van der Waals surface area contributed by atoms with E-state index in [1.165, 1.54) is 38.8 Å². The van der Waals surface area contributed by atoms with Crippen molar-refractivity contribution in [1.29, 1.82) is 0 Å². The molecule has 1 fully saturated rings. The average Bonchev–Trinajstić information content (AvgIpc) is 2.55. The molecule has 1 aliphatic heterocycles. The predicted molar refractivity (Wildman–Crippen MR) is 114 cm³/mol. The molecule has 162 valence electrons. The van der Waals surface area contributed by atoms with E-state index in [1.54, 1.807) is 0 Å². The minimum Gasteiger partial charge on any atom is -0.379 e. The Kier molecular flexibility index (Phi) is 11.4. The summed E-state index contributed by atoms with van der Waals surface area (Å²) in [5.74, 6) is 0.815. The molecule has 1 atom stereocenters. The van der Waals surface area contributed by atoms with Crippen LogP contribution in [0.15, 0.2) is 0 Å². The Morgan fingerprint density at radius 2 is 1.48 bits per heavy atom. The molecule has 0 amide bonds. The molecule has 0 spiro atoms. The summed E-state index contributed by atoms with van der Waals surface area (Å²) in [6.45, 7) is 21.0. The van der Waals surface area contributed by atoms with E-state index in [0.29, 0.717) is 18.2 Å². The minimum atomic E-state index is -0.0197. The van der Waals surface area contributed by atoms with Crippen LogP contribution in [-0.2, 0) is 14.2 Å². The van der Waals surface area contributed by atoms with Crippen LogP contribution in [0.4, 0.5) is 0 Å². The highest BCUT2D eigenvalue weighted by atomic mass is 16.5. The summed E-state index contributed by atoms with van der Waals surface area (Å²) in [6, 6.07) is 0. The van der Waals surface area contributed by atoms with E-state index >= 15 is 0 Å². The van der Waals surface area contributed by atoms with Gasteiger partial charge in [-0.1, -0.05) is 0 Å². The van der Waals surface area contributed by atoms with Gasteiger partial charge >= 0.3 is 0 Å². The maximum absolute atomic E-state index is 5.96. The summed E-state index contributed by atoms with van der Waals surface area (Å²) in [4.78, 5) is 2.61. The van der Waals surface area contributed by atoms with Crippen LogP contribution < -0.4 is 0 Å². The molecule has 1 aliphatic rings. The second-order valence-electron chi connectivity index (χ2n) is 10.2. The first-order valence-corrected chi connectivity index (χ1v) is 11.2. The van der Waals surface area contributed by atoms with Gasteiger partial charge in [0.15, 0.2) is 0 Å². The van der Waals surface area contributed by atoms with Crippen LogP contribution in [0.25, 0.3) is 0 Å². The third-order valence-electron chi connectivity index (χ3n) is 5.33. The van der Waals surface area contributed by atoms with Gasteiger partial charge in [-0.3, -0.25) is 4.90 Å². The van der Waals surface area contributed by atoms with Crippen LogP contribution in [0.1, 0.15) is 87.0 Å². The highest BCUT2D eigenvalue weighted by Crippen LogP contribution is 2.27. The van der Waals surface area contributed by atoms with E-state index in [1.807, 2.05) is 0 Å². The Hall–Kier alpha value is -0.160. The second kappa shape index (κ2) is 12.4. The molecule has 4 nitrogen and oxygen atoms in total. The number of unbranched alkanes of at least 4 members (excludes halogenated alkanes) is 2. The van der Waals surface area contributed by atoms with E-state index in [2.05, 4.69) is 53.4 Å². The number of hydrogen-bond donors (Lipinski definition) is 0. The van der Waals surface area contributed by atoms with Gasteiger partial charge in [-0.25, -0.2) is 0 Å². The van der Waals surface area contributed by atoms with Crippen LogP contribution in [0.2, 0.25) is 0 Å². The largest absolute Gasteiger partial charge is 0.379 e. The number of ether oxygens (including phenoxy) is 3. The lowest BCUT2D eigenvalue weighted by molar-refractivity contribution is -0.0104. The van der Waals surface area contributed by atoms with Gasteiger partial charge in [-0.2, -0.15) is 0 Å². The molecule has 1 unspecified atom stereocenters. The Balaban J connectivity index is 1.93. The van der Waals surface area contributed by atoms with Crippen molar-refractivity contribution in [3.63, 3.8) is 0 Å². The number of hydrogen-bond acceptors (Lipinski definition) is 4. The quantitative estimate of drug-likeness (QED) is 0.427. The van der Waals surface area contributed by atoms with Gasteiger partial charge in [0.1, 0.15) is 0 Å². The fraction of sp³-hybridized carbons (Fsp3) is 1.00. The molecule has 0 radical (unpaired) electrons. The fourth-order valence-electron chi connectivity index (χ4n) is 3.65. The van der Waals surface area contributed by atoms with Gasteiger partial charge in [0.2, 0.25) is 0 Å². The van der Waals surface area contributed by atoms with Gasteiger partial charge in [0.25, 0.3) is 0 Å². The van der Waals surface area contributed by atoms with Crippen LogP contribution >= 0.6 is 0 Å². The highest BCUT2D eigenvalue weighted by molar-refractivity contribution is 4.82. The summed E-state index contributed by atoms with van der Waals surface area (Å²) >= 11 is 0. The summed E-state index contributed by atoms with van der Waals surface area (Å²) < 4.78 is 17.4. The number of likely N-dealkylation sites (tertiary alicyclic amines) is 1. The molecule has 0 aromatic rings. The van der Waals surface area contributed by atoms with Crippen molar-refractivity contribution in [3.05, 3.63) is 0 Å². The zero-order chi connectivity index (χ0) is 20.3. The molecular formula is C23H47NO3. The van der Waals surface area contributed by atoms with Gasteiger partial charge < -0.3 is 14.2 Å². The predicted octanol–water partition coefficient (Wildman–Crippen LogP) is 5.29. The first-order valence-electron chi connectivity index (χ1n) is 11.2. The molecule has 1 heterocycles. The van der Waals surface area contributed by atoms with Crippen LogP contribution in [0, 0.1) is 5.92 Å². The lowest BCUT2D eigenvalue weighted by Crippen LogP contribution is -2.46. The maximum atomic E-state index is 5.96. The molecular weight excluding hydrogens is 338 g/mol. The van der Waals surface area contributed by atoms with Gasteiger partial charge in [0, 0.05) is 18.8 Å². The monoisotopic (exact) mass is 385 g/mol. The summed E-state index contributed by atoms with van der Waals surface area (Å²) in [5, 5.41) is 0.